The number of carbonyl (C=O) groups is 1. The van der Waals surface area contributed by atoms with Gasteiger partial charge in [0.1, 0.15) is 11.6 Å². The van der Waals surface area contributed by atoms with Crippen molar-refractivity contribution in [1.82, 2.24) is 24.8 Å². The van der Waals surface area contributed by atoms with Gasteiger partial charge in [0.15, 0.2) is 5.82 Å². The fourth-order valence-corrected chi connectivity index (χ4v) is 9.81. The lowest BCUT2D eigenvalue weighted by Crippen LogP contribution is -2.41. The first-order valence-corrected chi connectivity index (χ1v) is 19.6. The largest absolute Gasteiger partial charge is 0.472 e. The first kappa shape index (κ1) is 33.8. The summed E-state index contributed by atoms with van der Waals surface area (Å²) >= 11 is 13.1. The number of fused-ring (bicyclic) bond motifs is 5. The monoisotopic (exact) mass is 758 g/mol. The maximum absolute atomic E-state index is 17.3. The SMILES string of the molecule is Cc1nc2c(F)c(-c3cccc(Cl)c3Cl)c(CCC#N)cc2c2c1cc(C1CC(Oc3nccc4ccccc34)CN1C(=O)C1CC1)n2C1C2CNC1C2. The first-order valence-electron chi connectivity index (χ1n) is 18.8. The average Bonchev–Trinajstić information content (AvgIpc) is 3.45. The summed E-state index contributed by atoms with van der Waals surface area (Å²) in [4.78, 5) is 25.7. The van der Waals surface area contributed by atoms with E-state index >= 15 is 4.39 Å². The maximum atomic E-state index is 17.3. The number of nitrogens with one attached hydrogen (secondary N) is 1. The Morgan fingerprint density at radius 1 is 1.07 bits per heavy atom. The molecule has 5 aliphatic rings. The molecule has 1 N–H and O–H groups in total. The Morgan fingerprint density at radius 3 is 2.70 bits per heavy atom. The van der Waals surface area contributed by atoms with E-state index in [1.54, 1.807) is 24.4 Å². The number of carbonyl (C=O) groups excluding carboxylic acids is 1. The molecule has 5 fully saturated rings. The molecule has 3 aliphatic heterocycles. The van der Waals surface area contributed by atoms with Crippen molar-refractivity contribution in [3.8, 4) is 23.1 Å². The lowest BCUT2D eigenvalue weighted by molar-refractivity contribution is -0.133. The van der Waals surface area contributed by atoms with Gasteiger partial charge in [-0.15, -0.1) is 0 Å². The van der Waals surface area contributed by atoms with Crippen LogP contribution < -0.4 is 10.1 Å². The fourth-order valence-electron chi connectivity index (χ4n) is 9.41. The van der Waals surface area contributed by atoms with Crippen LogP contribution in [0.2, 0.25) is 10.0 Å². The normalized spacial score (nSPS) is 23.3. The zero-order chi connectivity index (χ0) is 36.8. The molecule has 0 radical (unpaired) electrons. The van der Waals surface area contributed by atoms with Crippen LogP contribution in [-0.2, 0) is 11.2 Å². The van der Waals surface area contributed by atoms with Crippen molar-refractivity contribution < 1.29 is 13.9 Å². The predicted octanol–water partition coefficient (Wildman–Crippen LogP) is 9.28. The first-order chi connectivity index (χ1) is 26.3. The summed E-state index contributed by atoms with van der Waals surface area (Å²) in [6.07, 6.45) is 5.49. The summed E-state index contributed by atoms with van der Waals surface area (Å²) in [7, 11) is 0. The number of rotatable bonds is 8. The highest BCUT2D eigenvalue weighted by atomic mass is 35.5. The van der Waals surface area contributed by atoms with Crippen molar-refractivity contribution in [1.29, 1.82) is 5.26 Å². The second-order valence-corrected chi connectivity index (χ2v) is 16.2. The topological polar surface area (TPSA) is 96.1 Å². The van der Waals surface area contributed by atoms with Crippen LogP contribution in [0.25, 0.3) is 43.7 Å². The third-order valence-electron chi connectivity index (χ3n) is 12.2. The van der Waals surface area contributed by atoms with Gasteiger partial charge in [0.25, 0.3) is 0 Å². The molecule has 3 saturated heterocycles. The van der Waals surface area contributed by atoms with Crippen molar-refractivity contribution in [2.45, 2.75) is 69.7 Å². The molecule has 3 aromatic heterocycles. The standard InChI is InChI=1S/C43H37Cl2FN6O2/c1-22-30-19-35(34-18-27(21-51(34)43(53)24-11-12-24)54-42-28-8-3-2-6-23(28)13-15-48-42)52(40-26-17-33(40)49-20-26)41(30)31-16-25(7-5-14-47)36(38(46)39(31)50-22)29-9-4-10-32(44)37(29)45/h2-4,6,8-10,13,15-16,19,24,26-27,33-34,40,49H,5,7,11-12,17-18,20-21H2,1H3. The van der Waals surface area contributed by atoms with Crippen LogP contribution in [0.3, 0.4) is 0 Å². The number of pyridine rings is 2. The molecule has 8 nitrogen and oxygen atoms in total. The number of halogens is 3. The molecule has 54 heavy (non-hydrogen) atoms. The Balaban J connectivity index is 1.17. The number of benzene rings is 3. The second kappa shape index (κ2) is 12.9. The van der Waals surface area contributed by atoms with E-state index in [0.29, 0.717) is 64.0 Å². The average molecular weight is 760 g/mol. The summed E-state index contributed by atoms with van der Waals surface area (Å²) in [6.45, 7) is 3.29. The minimum Gasteiger partial charge on any atom is -0.472 e. The van der Waals surface area contributed by atoms with Crippen LogP contribution in [0.15, 0.2) is 66.9 Å². The van der Waals surface area contributed by atoms with Crippen LogP contribution in [0, 0.1) is 35.9 Å². The van der Waals surface area contributed by atoms with E-state index in [2.05, 4.69) is 27.0 Å². The van der Waals surface area contributed by atoms with Gasteiger partial charge in [0.05, 0.1) is 40.3 Å². The summed E-state index contributed by atoms with van der Waals surface area (Å²) in [5.41, 5.74) is 4.35. The summed E-state index contributed by atoms with van der Waals surface area (Å²) in [5.74, 6) is 0.679. The van der Waals surface area contributed by atoms with Crippen LogP contribution in [-0.4, -0.2) is 50.6 Å². The Kier molecular flexibility index (Phi) is 8.10. The Hall–Kier alpha value is -4.75. The van der Waals surface area contributed by atoms with E-state index < -0.39 is 5.82 Å². The molecule has 2 bridgehead atoms. The molecule has 272 valence electrons. The predicted molar refractivity (Wildman–Crippen MR) is 208 cm³/mol. The van der Waals surface area contributed by atoms with E-state index in [1.165, 1.54) is 0 Å². The highest BCUT2D eigenvalue weighted by Gasteiger charge is 2.51. The maximum Gasteiger partial charge on any atom is 0.226 e. The number of aromatic nitrogens is 3. The van der Waals surface area contributed by atoms with Gasteiger partial charge in [-0.1, -0.05) is 53.5 Å². The van der Waals surface area contributed by atoms with Crippen molar-refractivity contribution in [3.05, 3.63) is 99.7 Å². The molecule has 5 unspecified atom stereocenters. The number of hydrogen-bond donors (Lipinski definition) is 1. The summed E-state index contributed by atoms with van der Waals surface area (Å²) < 4.78 is 26.4. The van der Waals surface area contributed by atoms with Gasteiger partial charge in [-0.25, -0.2) is 14.4 Å². The molecule has 11 heteroatoms. The Labute approximate surface area is 321 Å². The lowest BCUT2D eigenvalue weighted by atomic mass is 9.79. The molecular formula is C43H37Cl2FN6O2. The zero-order valence-electron chi connectivity index (χ0n) is 29.7. The number of aryl methyl sites for hydroxylation is 2. The smallest absolute Gasteiger partial charge is 0.226 e. The van der Waals surface area contributed by atoms with E-state index in [4.69, 9.17) is 32.9 Å². The van der Waals surface area contributed by atoms with Crippen LogP contribution in [0.1, 0.15) is 61.1 Å². The van der Waals surface area contributed by atoms with Gasteiger partial charge >= 0.3 is 0 Å². The van der Waals surface area contributed by atoms with E-state index in [-0.39, 0.29) is 53.0 Å². The number of nitrogens with zero attached hydrogens (tertiary/aromatic N) is 5. The van der Waals surface area contributed by atoms with Crippen LogP contribution in [0.4, 0.5) is 4.39 Å². The van der Waals surface area contributed by atoms with Crippen molar-refractivity contribution in [2.75, 3.05) is 13.1 Å². The van der Waals surface area contributed by atoms with Crippen LogP contribution >= 0.6 is 23.2 Å². The van der Waals surface area contributed by atoms with E-state index in [1.807, 2.05) is 48.2 Å². The minimum atomic E-state index is -0.485. The van der Waals surface area contributed by atoms with Gasteiger partial charge in [-0.2, -0.15) is 5.26 Å². The van der Waals surface area contributed by atoms with E-state index in [9.17, 15) is 10.1 Å². The number of amides is 1. The third kappa shape index (κ3) is 5.29. The molecule has 5 atom stereocenters. The molecule has 2 aliphatic carbocycles. The van der Waals surface area contributed by atoms with Gasteiger partial charge in [0, 0.05) is 76.2 Å². The third-order valence-corrected chi connectivity index (χ3v) is 13.0. The van der Waals surface area contributed by atoms with Crippen molar-refractivity contribution in [3.63, 3.8) is 0 Å². The molecule has 6 heterocycles. The zero-order valence-corrected chi connectivity index (χ0v) is 31.2. The number of likely N-dealkylation sites (tertiary alicyclic amines) is 1. The Morgan fingerprint density at radius 2 is 1.93 bits per heavy atom. The second-order valence-electron chi connectivity index (χ2n) is 15.4. The van der Waals surface area contributed by atoms with Gasteiger partial charge in [-0.05, 0) is 79.8 Å². The summed E-state index contributed by atoms with van der Waals surface area (Å²) in [5, 5.41) is 17.5. The lowest BCUT2D eigenvalue weighted by Gasteiger charge is -2.39. The number of hydrogen-bond acceptors (Lipinski definition) is 6. The summed E-state index contributed by atoms with van der Waals surface area (Å²) in [6, 6.07) is 21.8. The highest BCUT2D eigenvalue weighted by molar-refractivity contribution is 6.43. The van der Waals surface area contributed by atoms with Gasteiger partial charge < -0.3 is 19.5 Å². The Bertz CT molecular complexity index is 2560. The molecule has 11 rings (SSSR count). The van der Waals surface area contributed by atoms with Gasteiger partial charge in [-0.3, -0.25) is 4.79 Å². The molecule has 2 saturated carbocycles. The van der Waals surface area contributed by atoms with E-state index in [0.717, 1.165) is 53.2 Å². The van der Waals surface area contributed by atoms with Crippen LogP contribution in [0.5, 0.6) is 5.88 Å². The highest BCUT2D eigenvalue weighted by Crippen LogP contribution is 2.51. The van der Waals surface area contributed by atoms with Crippen molar-refractivity contribution in [2.24, 2.45) is 11.8 Å². The minimum absolute atomic E-state index is 0.0269. The molecular weight excluding hydrogens is 722 g/mol. The quantitative estimate of drug-likeness (QED) is 0.166. The molecule has 3 aromatic carbocycles. The molecule has 6 aromatic rings. The molecule has 1 amide bonds. The number of nitriles is 1. The fraction of sp³-hybridized carbons (Fsp3) is 0.349. The van der Waals surface area contributed by atoms with Gasteiger partial charge in [0.2, 0.25) is 11.8 Å². The molecule has 0 spiro atoms. The number of ether oxygens (including phenoxy) is 1. The van der Waals surface area contributed by atoms with Crippen molar-refractivity contribution >= 4 is 61.7 Å².